The zero-order valence-corrected chi connectivity index (χ0v) is 17.2. The number of anilines is 1. The Kier molecular flexibility index (Phi) is 5.58. The minimum atomic E-state index is -0.209. The standard InChI is InChI=1S/C22H21N7O3/c30-22(28-10-12-31-13-11-28)24-19-14-17(8-9-23-19)32-15-21-26-25-20-7-6-18(27-29(20)21)16-4-2-1-3-5-16/h1-9,14H,10-13,15H2,(H,23,24,30). The maximum absolute atomic E-state index is 12.4. The summed E-state index contributed by atoms with van der Waals surface area (Å²) in [6.45, 7) is 2.35. The first-order chi connectivity index (χ1) is 15.8. The number of ether oxygens (including phenoxy) is 2. The maximum Gasteiger partial charge on any atom is 0.323 e. The fourth-order valence-corrected chi connectivity index (χ4v) is 3.36. The van der Waals surface area contributed by atoms with Gasteiger partial charge in [0.15, 0.2) is 11.5 Å². The van der Waals surface area contributed by atoms with Crippen LogP contribution in [-0.4, -0.2) is 62.0 Å². The summed E-state index contributed by atoms with van der Waals surface area (Å²) in [5, 5.41) is 15.8. The van der Waals surface area contributed by atoms with Crippen LogP contribution >= 0.6 is 0 Å². The smallest absolute Gasteiger partial charge is 0.323 e. The number of rotatable bonds is 5. The molecule has 0 unspecified atom stereocenters. The summed E-state index contributed by atoms with van der Waals surface area (Å²) in [5.74, 6) is 1.52. The van der Waals surface area contributed by atoms with Gasteiger partial charge in [-0.05, 0) is 18.2 Å². The van der Waals surface area contributed by atoms with Crippen molar-refractivity contribution in [1.29, 1.82) is 0 Å². The molecular weight excluding hydrogens is 410 g/mol. The average Bonchev–Trinajstić information content (AvgIpc) is 3.26. The van der Waals surface area contributed by atoms with Gasteiger partial charge in [-0.3, -0.25) is 5.32 Å². The van der Waals surface area contributed by atoms with Crippen molar-refractivity contribution in [2.45, 2.75) is 6.61 Å². The third-order valence-corrected chi connectivity index (χ3v) is 5.03. The van der Waals surface area contributed by atoms with Crippen molar-refractivity contribution in [2.24, 2.45) is 0 Å². The molecule has 32 heavy (non-hydrogen) atoms. The molecule has 0 radical (unpaired) electrons. The van der Waals surface area contributed by atoms with Gasteiger partial charge in [0.2, 0.25) is 0 Å². The summed E-state index contributed by atoms with van der Waals surface area (Å²) < 4.78 is 12.8. The van der Waals surface area contributed by atoms with Gasteiger partial charge in [0.05, 0.1) is 18.9 Å². The second-order valence-electron chi connectivity index (χ2n) is 7.17. The molecule has 0 aliphatic carbocycles. The zero-order valence-electron chi connectivity index (χ0n) is 17.2. The van der Waals surface area contributed by atoms with Crippen LogP contribution in [0.3, 0.4) is 0 Å². The van der Waals surface area contributed by atoms with E-state index in [9.17, 15) is 4.79 Å². The summed E-state index contributed by atoms with van der Waals surface area (Å²) in [6, 6.07) is 16.9. The van der Waals surface area contributed by atoms with Crippen molar-refractivity contribution >= 4 is 17.5 Å². The number of carbonyl (C=O) groups is 1. The molecule has 162 valence electrons. The fraction of sp³-hybridized carbons (Fsp3) is 0.227. The van der Waals surface area contributed by atoms with Crippen molar-refractivity contribution < 1.29 is 14.3 Å². The molecule has 1 saturated heterocycles. The number of carbonyl (C=O) groups excluding carboxylic acids is 1. The molecular formula is C22H21N7O3. The molecule has 0 saturated carbocycles. The molecule has 10 heteroatoms. The van der Waals surface area contributed by atoms with Gasteiger partial charge < -0.3 is 14.4 Å². The van der Waals surface area contributed by atoms with Gasteiger partial charge in [-0.2, -0.15) is 9.61 Å². The summed E-state index contributed by atoms with van der Waals surface area (Å²) >= 11 is 0. The van der Waals surface area contributed by atoms with Crippen molar-refractivity contribution in [3.05, 3.63) is 66.6 Å². The first-order valence-corrected chi connectivity index (χ1v) is 10.3. The Morgan fingerprint density at radius 1 is 1.06 bits per heavy atom. The number of urea groups is 1. The minimum absolute atomic E-state index is 0.160. The number of hydrogen-bond acceptors (Lipinski definition) is 7. The quantitative estimate of drug-likeness (QED) is 0.518. The molecule has 1 aromatic carbocycles. The topological polar surface area (TPSA) is 107 Å². The van der Waals surface area contributed by atoms with Gasteiger partial charge in [0.25, 0.3) is 0 Å². The number of aromatic nitrogens is 5. The van der Waals surface area contributed by atoms with Crippen LogP contribution in [0.2, 0.25) is 0 Å². The fourth-order valence-electron chi connectivity index (χ4n) is 3.36. The van der Waals surface area contributed by atoms with Gasteiger partial charge in [0.1, 0.15) is 18.2 Å². The molecule has 5 rings (SSSR count). The normalized spacial score (nSPS) is 13.8. The van der Waals surface area contributed by atoms with E-state index in [-0.39, 0.29) is 12.6 Å². The molecule has 0 spiro atoms. The lowest BCUT2D eigenvalue weighted by atomic mass is 10.1. The highest BCUT2D eigenvalue weighted by atomic mass is 16.5. The molecule has 1 aliphatic rings. The van der Waals surface area contributed by atoms with Crippen LogP contribution in [0.1, 0.15) is 5.82 Å². The van der Waals surface area contributed by atoms with Crippen LogP contribution in [-0.2, 0) is 11.3 Å². The molecule has 4 aromatic rings. The Balaban J connectivity index is 1.28. The minimum Gasteiger partial charge on any atom is -0.485 e. The lowest BCUT2D eigenvalue weighted by Crippen LogP contribution is -2.43. The summed E-state index contributed by atoms with van der Waals surface area (Å²) in [6.07, 6.45) is 1.58. The second-order valence-corrected chi connectivity index (χ2v) is 7.17. The SMILES string of the molecule is O=C(Nc1cc(OCc2nnc3ccc(-c4ccccc4)nn23)ccn1)N1CCOCC1. The van der Waals surface area contributed by atoms with Crippen molar-refractivity contribution in [3.8, 4) is 17.0 Å². The Labute approximate surface area is 183 Å². The molecule has 0 bridgehead atoms. The maximum atomic E-state index is 12.4. The van der Waals surface area contributed by atoms with Gasteiger partial charge in [-0.25, -0.2) is 9.78 Å². The van der Waals surface area contributed by atoms with E-state index < -0.39 is 0 Å². The largest absolute Gasteiger partial charge is 0.485 e. The predicted octanol–water partition coefficient (Wildman–Crippen LogP) is 2.63. The summed E-state index contributed by atoms with van der Waals surface area (Å²) in [7, 11) is 0. The van der Waals surface area contributed by atoms with Crippen LogP contribution in [0.5, 0.6) is 5.75 Å². The number of hydrogen-bond donors (Lipinski definition) is 1. The predicted molar refractivity (Wildman–Crippen MR) is 116 cm³/mol. The number of fused-ring (bicyclic) bond motifs is 1. The van der Waals surface area contributed by atoms with E-state index in [1.165, 1.54) is 0 Å². The number of amides is 2. The highest BCUT2D eigenvalue weighted by Gasteiger charge is 2.17. The van der Waals surface area contributed by atoms with E-state index >= 15 is 0 Å². The number of nitrogens with one attached hydrogen (secondary N) is 1. The first-order valence-electron chi connectivity index (χ1n) is 10.3. The molecule has 10 nitrogen and oxygen atoms in total. The number of benzene rings is 1. The van der Waals surface area contributed by atoms with Crippen LogP contribution in [0.15, 0.2) is 60.8 Å². The van der Waals surface area contributed by atoms with Crippen LogP contribution < -0.4 is 10.1 Å². The molecule has 4 heterocycles. The molecule has 3 aromatic heterocycles. The molecule has 1 aliphatic heterocycles. The zero-order chi connectivity index (χ0) is 21.8. The lowest BCUT2D eigenvalue weighted by molar-refractivity contribution is 0.0564. The van der Waals surface area contributed by atoms with E-state index in [2.05, 4.69) is 25.6 Å². The highest BCUT2D eigenvalue weighted by Crippen LogP contribution is 2.19. The van der Waals surface area contributed by atoms with Crippen molar-refractivity contribution in [2.75, 3.05) is 31.6 Å². The highest BCUT2D eigenvalue weighted by molar-refractivity contribution is 5.88. The van der Waals surface area contributed by atoms with E-state index in [1.54, 1.807) is 27.7 Å². The van der Waals surface area contributed by atoms with Crippen molar-refractivity contribution in [3.63, 3.8) is 0 Å². The Bertz CT molecular complexity index is 1220. The molecule has 1 N–H and O–H groups in total. The van der Waals surface area contributed by atoms with E-state index in [4.69, 9.17) is 9.47 Å². The van der Waals surface area contributed by atoms with Crippen LogP contribution in [0, 0.1) is 0 Å². The molecule has 1 fully saturated rings. The Morgan fingerprint density at radius 2 is 1.91 bits per heavy atom. The van der Waals surface area contributed by atoms with Gasteiger partial charge in [-0.1, -0.05) is 30.3 Å². The monoisotopic (exact) mass is 431 g/mol. The Hall–Kier alpha value is -4.05. The third-order valence-electron chi connectivity index (χ3n) is 5.03. The number of nitrogens with zero attached hydrogens (tertiary/aromatic N) is 6. The van der Waals surface area contributed by atoms with Gasteiger partial charge in [-0.15, -0.1) is 10.2 Å². The van der Waals surface area contributed by atoms with Gasteiger partial charge in [0, 0.05) is 30.9 Å². The summed E-state index contributed by atoms with van der Waals surface area (Å²) in [4.78, 5) is 18.3. The third kappa shape index (κ3) is 4.35. The van der Waals surface area contributed by atoms with Crippen molar-refractivity contribution in [1.82, 2.24) is 29.7 Å². The number of morpholine rings is 1. The van der Waals surface area contributed by atoms with Crippen LogP contribution in [0.25, 0.3) is 16.9 Å². The van der Waals surface area contributed by atoms with Gasteiger partial charge >= 0.3 is 6.03 Å². The first kappa shape index (κ1) is 19.9. The van der Waals surface area contributed by atoms with E-state index in [0.717, 1.165) is 11.3 Å². The second kappa shape index (κ2) is 8.98. The molecule has 2 amide bonds. The summed E-state index contributed by atoms with van der Waals surface area (Å²) in [5.41, 5.74) is 2.46. The van der Waals surface area contributed by atoms with E-state index in [0.29, 0.717) is 49.3 Å². The number of pyridine rings is 1. The Morgan fingerprint density at radius 3 is 2.75 bits per heavy atom. The van der Waals surface area contributed by atoms with E-state index in [1.807, 2.05) is 42.5 Å². The lowest BCUT2D eigenvalue weighted by Gasteiger charge is -2.26. The molecule has 0 atom stereocenters. The average molecular weight is 431 g/mol. The van der Waals surface area contributed by atoms with Crippen LogP contribution in [0.4, 0.5) is 10.6 Å².